The average Bonchev–Trinajstić information content (AvgIpc) is 2.93. The van der Waals surface area contributed by atoms with Gasteiger partial charge in [-0.3, -0.25) is 4.98 Å². The Kier molecular flexibility index (Phi) is 3.42. The molecule has 1 aromatic carbocycles. The summed E-state index contributed by atoms with van der Waals surface area (Å²) in [5, 5.41) is 5.80. The van der Waals surface area contributed by atoms with E-state index in [1.54, 1.807) is 11.3 Å². The molecular formula is C15H15N3S. The summed E-state index contributed by atoms with van der Waals surface area (Å²) < 4.78 is 0. The van der Waals surface area contributed by atoms with Gasteiger partial charge in [0, 0.05) is 22.7 Å². The topological polar surface area (TPSA) is 37.8 Å². The van der Waals surface area contributed by atoms with Crippen molar-refractivity contribution in [2.75, 3.05) is 5.32 Å². The number of anilines is 1. The lowest BCUT2D eigenvalue weighted by Crippen LogP contribution is -1.98. The zero-order chi connectivity index (χ0) is 13.1. The van der Waals surface area contributed by atoms with Gasteiger partial charge >= 0.3 is 0 Å². The maximum absolute atomic E-state index is 4.44. The second-order valence-electron chi connectivity index (χ2n) is 4.31. The minimum atomic E-state index is 0.799. The average molecular weight is 269 g/mol. The Morgan fingerprint density at radius 3 is 2.89 bits per heavy atom. The number of benzene rings is 1. The summed E-state index contributed by atoms with van der Waals surface area (Å²) in [5.74, 6) is 0. The van der Waals surface area contributed by atoms with Crippen LogP contribution in [0, 0.1) is 0 Å². The Labute approximate surface area is 116 Å². The fourth-order valence-corrected chi connectivity index (χ4v) is 2.82. The molecule has 2 aromatic heterocycles. The van der Waals surface area contributed by atoms with Gasteiger partial charge in [0.2, 0.25) is 0 Å². The van der Waals surface area contributed by atoms with Crippen molar-refractivity contribution in [3.05, 3.63) is 52.6 Å². The van der Waals surface area contributed by atoms with E-state index in [9.17, 15) is 0 Å². The standard InChI is InChI=1S/C15H15N3S/c1-2-14-18-10-12(19-14)9-17-13-7-3-5-11-6-4-8-16-15(11)13/h3-8,10,17H,2,9H2,1H3. The normalized spacial score (nSPS) is 10.8. The summed E-state index contributed by atoms with van der Waals surface area (Å²) in [6, 6.07) is 10.2. The van der Waals surface area contributed by atoms with Crippen molar-refractivity contribution in [3.63, 3.8) is 0 Å². The van der Waals surface area contributed by atoms with Crippen LogP contribution in [0.5, 0.6) is 0 Å². The Hall–Kier alpha value is -1.94. The Morgan fingerprint density at radius 1 is 1.16 bits per heavy atom. The highest BCUT2D eigenvalue weighted by Crippen LogP contribution is 2.22. The van der Waals surface area contributed by atoms with Gasteiger partial charge in [-0.15, -0.1) is 11.3 Å². The van der Waals surface area contributed by atoms with Crippen LogP contribution in [0.4, 0.5) is 5.69 Å². The van der Waals surface area contributed by atoms with E-state index in [0.717, 1.165) is 29.6 Å². The van der Waals surface area contributed by atoms with Crippen LogP contribution in [-0.4, -0.2) is 9.97 Å². The van der Waals surface area contributed by atoms with Gasteiger partial charge in [0.15, 0.2) is 0 Å². The number of hydrogen-bond donors (Lipinski definition) is 1. The SMILES string of the molecule is CCc1ncc(CNc2cccc3cccnc23)s1. The molecule has 4 heteroatoms. The quantitative estimate of drug-likeness (QED) is 0.781. The summed E-state index contributed by atoms with van der Waals surface area (Å²) >= 11 is 1.76. The van der Waals surface area contributed by atoms with Crippen molar-refractivity contribution >= 4 is 27.9 Å². The third-order valence-corrected chi connectivity index (χ3v) is 4.13. The number of fused-ring (bicyclic) bond motifs is 1. The lowest BCUT2D eigenvalue weighted by molar-refractivity contribution is 1.09. The van der Waals surface area contributed by atoms with Gasteiger partial charge in [0.25, 0.3) is 0 Å². The molecule has 1 N–H and O–H groups in total. The highest BCUT2D eigenvalue weighted by Gasteiger charge is 2.03. The summed E-state index contributed by atoms with van der Waals surface area (Å²) in [6.07, 6.45) is 4.78. The summed E-state index contributed by atoms with van der Waals surface area (Å²) in [4.78, 5) is 10.1. The van der Waals surface area contributed by atoms with E-state index in [1.165, 1.54) is 9.88 Å². The lowest BCUT2D eigenvalue weighted by atomic mass is 10.2. The molecule has 3 aromatic rings. The van der Waals surface area contributed by atoms with E-state index in [0.29, 0.717) is 0 Å². The predicted octanol–water partition coefficient (Wildman–Crippen LogP) is 3.87. The van der Waals surface area contributed by atoms with Crippen molar-refractivity contribution in [3.8, 4) is 0 Å². The van der Waals surface area contributed by atoms with E-state index in [4.69, 9.17) is 0 Å². The number of aromatic nitrogens is 2. The maximum atomic E-state index is 4.44. The summed E-state index contributed by atoms with van der Waals surface area (Å²) in [7, 11) is 0. The first-order valence-electron chi connectivity index (χ1n) is 6.38. The van der Waals surface area contributed by atoms with Gasteiger partial charge in [-0.25, -0.2) is 4.98 Å². The van der Waals surface area contributed by atoms with E-state index in [2.05, 4.69) is 46.5 Å². The number of hydrogen-bond acceptors (Lipinski definition) is 4. The molecule has 96 valence electrons. The molecule has 0 unspecified atom stereocenters. The highest BCUT2D eigenvalue weighted by molar-refractivity contribution is 7.11. The van der Waals surface area contributed by atoms with Crippen LogP contribution in [0.25, 0.3) is 10.9 Å². The van der Waals surface area contributed by atoms with Crippen molar-refractivity contribution in [2.24, 2.45) is 0 Å². The van der Waals surface area contributed by atoms with Crippen molar-refractivity contribution < 1.29 is 0 Å². The molecule has 3 nitrogen and oxygen atoms in total. The zero-order valence-electron chi connectivity index (χ0n) is 10.8. The first kappa shape index (κ1) is 12.1. The molecule has 0 fully saturated rings. The van der Waals surface area contributed by atoms with Crippen LogP contribution < -0.4 is 5.32 Å². The number of nitrogens with one attached hydrogen (secondary N) is 1. The second-order valence-corrected chi connectivity index (χ2v) is 5.51. The van der Waals surface area contributed by atoms with E-state index in [-0.39, 0.29) is 0 Å². The lowest BCUT2D eigenvalue weighted by Gasteiger charge is -2.07. The third-order valence-electron chi connectivity index (χ3n) is 2.99. The largest absolute Gasteiger partial charge is 0.378 e. The van der Waals surface area contributed by atoms with Crippen LogP contribution in [-0.2, 0) is 13.0 Å². The van der Waals surface area contributed by atoms with Crippen LogP contribution in [0.3, 0.4) is 0 Å². The second kappa shape index (κ2) is 5.36. The third kappa shape index (κ3) is 2.58. The molecule has 0 radical (unpaired) electrons. The molecule has 0 amide bonds. The zero-order valence-corrected chi connectivity index (χ0v) is 11.6. The van der Waals surface area contributed by atoms with Gasteiger partial charge in [-0.05, 0) is 18.6 Å². The Morgan fingerprint density at radius 2 is 2.05 bits per heavy atom. The smallest absolute Gasteiger partial charge is 0.0933 e. The van der Waals surface area contributed by atoms with Crippen molar-refractivity contribution in [1.82, 2.24) is 9.97 Å². The predicted molar refractivity (Wildman–Crippen MR) is 80.6 cm³/mol. The first-order valence-corrected chi connectivity index (χ1v) is 7.19. The molecular weight excluding hydrogens is 254 g/mol. The van der Waals surface area contributed by atoms with Crippen molar-refractivity contribution in [2.45, 2.75) is 19.9 Å². The fourth-order valence-electron chi connectivity index (χ4n) is 2.02. The van der Waals surface area contributed by atoms with Gasteiger partial charge in [-0.2, -0.15) is 0 Å². The van der Waals surface area contributed by atoms with Gasteiger partial charge in [0.1, 0.15) is 0 Å². The fraction of sp³-hybridized carbons (Fsp3) is 0.200. The molecule has 3 rings (SSSR count). The summed E-state index contributed by atoms with van der Waals surface area (Å²) in [5.41, 5.74) is 2.09. The maximum Gasteiger partial charge on any atom is 0.0933 e. The molecule has 0 saturated heterocycles. The highest BCUT2D eigenvalue weighted by atomic mass is 32.1. The van der Waals surface area contributed by atoms with E-state index < -0.39 is 0 Å². The summed E-state index contributed by atoms with van der Waals surface area (Å²) in [6.45, 7) is 2.93. The minimum absolute atomic E-state index is 0.799. The molecule has 0 spiro atoms. The van der Waals surface area contributed by atoms with Crippen LogP contribution in [0.15, 0.2) is 42.7 Å². The van der Waals surface area contributed by atoms with Gasteiger partial charge < -0.3 is 5.32 Å². The van der Waals surface area contributed by atoms with Gasteiger partial charge in [0.05, 0.1) is 22.8 Å². The first-order chi connectivity index (χ1) is 9.36. The molecule has 0 bridgehead atoms. The molecule has 0 saturated carbocycles. The number of nitrogens with zero attached hydrogens (tertiary/aromatic N) is 2. The monoisotopic (exact) mass is 269 g/mol. The van der Waals surface area contributed by atoms with Crippen LogP contribution in [0.2, 0.25) is 0 Å². The molecule has 0 aliphatic carbocycles. The van der Waals surface area contributed by atoms with Crippen LogP contribution in [0.1, 0.15) is 16.8 Å². The molecule has 0 aliphatic rings. The number of para-hydroxylation sites is 1. The Bertz CT molecular complexity index is 685. The number of thiazole rings is 1. The Balaban J connectivity index is 1.81. The number of rotatable bonds is 4. The molecule has 2 heterocycles. The van der Waals surface area contributed by atoms with E-state index in [1.807, 2.05) is 18.5 Å². The number of aryl methyl sites for hydroxylation is 1. The van der Waals surface area contributed by atoms with Crippen molar-refractivity contribution in [1.29, 1.82) is 0 Å². The number of pyridine rings is 1. The van der Waals surface area contributed by atoms with Gasteiger partial charge in [-0.1, -0.05) is 25.1 Å². The minimum Gasteiger partial charge on any atom is -0.378 e. The molecule has 0 aliphatic heterocycles. The molecule has 19 heavy (non-hydrogen) atoms. The molecule has 0 atom stereocenters. The van der Waals surface area contributed by atoms with Crippen LogP contribution >= 0.6 is 11.3 Å². The van der Waals surface area contributed by atoms with E-state index >= 15 is 0 Å².